The number of carbonyl (C=O) groups is 1. The van der Waals surface area contributed by atoms with E-state index < -0.39 is 5.97 Å². The van der Waals surface area contributed by atoms with Gasteiger partial charge in [0.1, 0.15) is 5.82 Å². The van der Waals surface area contributed by atoms with Gasteiger partial charge in [0.2, 0.25) is 0 Å². The zero-order chi connectivity index (χ0) is 13.8. The molecule has 0 aliphatic carbocycles. The number of aromatic amines is 1. The number of rotatable bonds is 4. The van der Waals surface area contributed by atoms with Crippen molar-refractivity contribution in [1.29, 1.82) is 0 Å². The van der Waals surface area contributed by atoms with E-state index in [0.29, 0.717) is 22.0 Å². The lowest BCUT2D eigenvalue weighted by molar-refractivity contribution is -0.136. The molecule has 1 aromatic carbocycles. The van der Waals surface area contributed by atoms with Crippen molar-refractivity contribution in [3.8, 4) is 11.4 Å². The average molecular weight is 279 g/mol. The van der Waals surface area contributed by atoms with Crippen molar-refractivity contribution in [2.24, 2.45) is 0 Å². The molecule has 0 aliphatic rings. The number of aliphatic carboxylic acids is 1. The molecule has 6 heteroatoms. The molecule has 1 heterocycles. The number of nitrogens with zero attached hydrogens (tertiary/aromatic N) is 1. The Morgan fingerprint density at radius 3 is 2.74 bits per heavy atom. The van der Waals surface area contributed by atoms with Crippen LogP contribution >= 0.6 is 11.6 Å². The van der Waals surface area contributed by atoms with Gasteiger partial charge in [0.05, 0.1) is 5.02 Å². The largest absolute Gasteiger partial charge is 0.481 e. The highest BCUT2D eigenvalue weighted by Gasteiger charge is 2.08. The number of hydrogen-bond donors (Lipinski definition) is 2. The molecule has 0 spiro atoms. The minimum atomic E-state index is -0.949. The van der Waals surface area contributed by atoms with Crippen LogP contribution in [0.25, 0.3) is 11.4 Å². The van der Waals surface area contributed by atoms with Crippen LogP contribution in [-0.4, -0.2) is 21.0 Å². The molecule has 0 bridgehead atoms. The maximum atomic E-state index is 11.8. The van der Waals surface area contributed by atoms with Gasteiger partial charge in [-0.05, 0) is 18.6 Å². The molecule has 0 saturated carbocycles. The Bertz CT molecular complexity index is 667. The van der Waals surface area contributed by atoms with Gasteiger partial charge < -0.3 is 10.1 Å². The molecular weight excluding hydrogens is 268 g/mol. The molecule has 19 heavy (non-hydrogen) atoms. The van der Waals surface area contributed by atoms with Gasteiger partial charge in [-0.25, -0.2) is 4.98 Å². The number of halogens is 1. The summed E-state index contributed by atoms with van der Waals surface area (Å²) < 4.78 is 0. The molecule has 5 nitrogen and oxygen atoms in total. The Labute approximate surface area is 113 Å². The van der Waals surface area contributed by atoms with Crippen molar-refractivity contribution >= 4 is 17.6 Å². The van der Waals surface area contributed by atoms with Crippen molar-refractivity contribution in [3.63, 3.8) is 0 Å². The van der Waals surface area contributed by atoms with Crippen LogP contribution in [0.3, 0.4) is 0 Å². The number of carboxylic acids is 1. The number of carboxylic acid groups (broad SMARTS) is 1. The topological polar surface area (TPSA) is 83.0 Å². The third-order valence-electron chi connectivity index (χ3n) is 2.61. The minimum absolute atomic E-state index is 0.101. The number of nitrogens with one attached hydrogen (secondary N) is 1. The molecule has 0 atom stereocenters. The lowest BCUT2D eigenvalue weighted by Crippen LogP contribution is -2.15. The van der Waals surface area contributed by atoms with E-state index in [-0.39, 0.29) is 18.4 Å². The Balaban J connectivity index is 2.32. The van der Waals surface area contributed by atoms with Gasteiger partial charge in [0.25, 0.3) is 5.56 Å². The van der Waals surface area contributed by atoms with E-state index in [1.807, 2.05) is 0 Å². The zero-order valence-electron chi connectivity index (χ0n) is 9.89. The van der Waals surface area contributed by atoms with Crippen molar-refractivity contribution in [2.75, 3.05) is 0 Å². The van der Waals surface area contributed by atoms with E-state index in [1.54, 1.807) is 24.3 Å². The van der Waals surface area contributed by atoms with Crippen LogP contribution in [0.5, 0.6) is 0 Å². The molecule has 0 unspecified atom stereocenters. The standard InChI is InChI=1S/C13H11ClN2O3/c14-10-4-2-1-3-9(10)12-15-7-8(13(19)16-12)5-6-11(17)18/h1-4,7H,5-6H2,(H,17,18)(H,15,16,19). The molecule has 2 aromatic rings. The summed E-state index contributed by atoms with van der Waals surface area (Å²) >= 11 is 6.01. The third kappa shape index (κ3) is 3.20. The van der Waals surface area contributed by atoms with Crippen LogP contribution < -0.4 is 5.56 Å². The molecule has 1 aromatic heterocycles. The number of H-pyrrole nitrogens is 1. The fourth-order valence-electron chi connectivity index (χ4n) is 1.63. The maximum Gasteiger partial charge on any atom is 0.303 e. The second-order valence-electron chi connectivity index (χ2n) is 3.96. The molecule has 0 amide bonds. The van der Waals surface area contributed by atoms with Gasteiger partial charge in [-0.2, -0.15) is 0 Å². The van der Waals surface area contributed by atoms with Crippen LogP contribution in [0.2, 0.25) is 5.02 Å². The summed E-state index contributed by atoms with van der Waals surface area (Å²) in [6, 6.07) is 7.03. The monoisotopic (exact) mass is 278 g/mol. The molecule has 0 fully saturated rings. The molecule has 0 aliphatic heterocycles. The van der Waals surface area contributed by atoms with E-state index >= 15 is 0 Å². The van der Waals surface area contributed by atoms with Crippen molar-refractivity contribution < 1.29 is 9.90 Å². The zero-order valence-corrected chi connectivity index (χ0v) is 10.6. The molecular formula is C13H11ClN2O3. The highest BCUT2D eigenvalue weighted by Crippen LogP contribution is 2.23. The van der Waals surface area contributed by atoms with Crippen molar-refractivity contribution in [3.05, 3.63) is 51.4 Å². The van der Waals surface area contributed by atoms with Crippen LogP contribution in [0.1, 0.15) is 12.0 Å². The Morgan fingerprint density at radius 1 is 1.37 bits per heavy atom. The summed E-state index contributed by atoms with van der Waals surface area (Å²) in [5, 5.41) is 9.07. The lowest BCUT2D eigenvalue weighted by atomic mass is 10.1. The highest BCUT2D eigenvalue weighted by molar-refractivity contribution is 6.33. The summed E-state index contributed by atoms with van der Waals surface area (Å²) in [5.74, 6) is -0.579. The number of aromatic nitrogens is 2. The van der Waals surface area contributed by atoms with E-state index in [9.17, 15) is 9.59 Å². The quantitative estimate of drug-likeness (QED) is 0.897. The van der Waals surface area contributed by atoms with Gasteiger partial charge in [-0.3, -0.25) is 9.59 Å². The fraction of sp³-hybridized carbons (Fsp3) is 0.154. The lowest BCUT2D eigenvalue weighted by Gasteiger charge is -2.04. The predicted molar refractivity (Wildman–Crippen MR) is 71.3 cm³/mol. The van der Waals surface area contributed by atoms with E-state index in [1.165, 1.54) is 6.20 Å². The highest BCUT2D eigenvalue weighted by atomic mass is 35.5. The fourth-order valence-corrected chi connectivity index (χ4v) is 1.86. The molecule has 0 saturated heterocycles. The summed E-state index contributed by atoms with van der Waals surface area (Å²) in [7, 11) is 0. The second kappa shape index (κ2) is 5.67. The first-order valence-electron chi connectivity index (χ1n) is 5.63. The van der Waals surface area contributed by atoms with Crippen LogP contribution in [0, 0.1) is 0 Å². The Kier molecular flexibility index (Phi) is 3.97. The van der Waals surface area contributed by atoms with Gasteiger partial charge >= 0.3 is 5.97 Å². The molecule has 98 valence electrons. The van der Waals surface area contributed by atoms with Crippen LogP contribution in [0.15, 0.2) is 35.3 Å². The van der Waals surface area contributed by atoms with Crippen molar-refractivity contribution in [2.45, 2.75) is 12.8 Å². The minimum Gasteiger partial charge on any atom is -0.481 e. The van der Waals surface area contributed by atoms with E-state index in [0.717, 1.165) is 0 Å². The second-order valence-corrected chi connectivity index (χ2v) is 4.37. The first kappa shape index (κ1) is 13.3. The van der Waals surface area contributed by atoms with Gasteiger partial charge in [0, 0.05) is 23.7 Å². The van der Waals surface area contributed by atoms with Crippen molar-refractivity contribution in [1.82, 2.24) is 9.97 Å². The summed E-state index contributed by atoms with van der Waals surface area (Å²) in [6.07, 6.45) is 1.44. The van der Waals surface area contributed by atoms with Crippen LogP contribution in [0.4, 0.5) is 0 Å². The SMILES string of the molecule is O=C(O)CCc1cnc(-c2ccccc2Cl)[nH]c1=O. The normalized spacial score (nSPS) is 10.4. The summed E-state index contributed by atoms with van der Waals surface area (Å²) in [5.41, 5.74) is 0.635. The average Bonchev–Trinajstić information content (AvgIpc) is 2.37. The summed E-state index contributed by atoms with van der Waals surface area (Å²) in [6.45, 7) is 0. The number of aryl methyl sites for hydroxylation is 1. The first-order chi connectivity index (χ1) is 9.08. The Morgan fingerprint density at radius 2 is 2.11 bits per heavy atom. The van der Waals surface area contributed by atoms with E-state index in [2.05, 4.69) is 9.97 Å². The number of hydrogen-bond acceptors (Lipinski definition) is 3. The van der Waals surface area contributed by atoms with Crippen LogP contribution in [-0.2, 0) is 11.2 Å². The van der Waals surface area contributed by atoms with Gasteiger partial charge in [0.15, 0.2) is 0 Å². The number of benzene rings is 1. The van der Waals surface area contributed by atoms with Gasteiger partial charge in [-0.15, -0.1) is 0 Å². The van der Waals surface area contributed by atoms with E-state index in [4.69, 9.17) is 16.7 Å². The molecule has 0 radical (unpaired) electrons. The Hall–Kier alpha value is -2.14. The third-order valence-corrected chi connectivity index (χ3v) is 2.94. The maximum absolute atomic E-state index is 11.8. The smallest absolute Gasteiger partial charge is 0.303 e. The van der Waals surface area contributed by atoms with Gasteiger partial charge in [-0.1, -0.05) is 23.7 Å². The summed E-state index contributed by atoms with van der Waals surface area (Å²) in [4.78, 5) is 29.0. The molecule has 2 rings (SSSR count). The first-order valence-corrected chi connectivity index (χ1v) is 6.00. The molecule has 2 N–H and O–H groups in total. The predicted octanol–water partition coefficient (Wildman–Crippen LogP) is 2.11.